The Bertz CT molecular complexity index is 533. The highest BCUT2D eigenvalue weighted by Gasteiger charge is 2.17. The van der Waals surface area contributed by atoms with Crippen molar-refractivity contribution in [3.8, 4) is 0 Å². The second-order valence-electron chi connectivity index (χ2n) is 4.42. The molecule has 0 saturated heterocycles. The van der Waals surface area contributed by atoms with Crippen LogP contribution in [0.2, 0.25) is 0 Å². The summed E-state index contributed by atoms with van der Waals surface area (Å²) >= 11 is 5.58. The summed E-state index contributed by atoms with van der Waals surface area (Å²) in [5.41, 5.74) is 2.60. The van der Waals surface area contributed by atoms with E-state index in [0.717, 1.165) is 6.54 Å². The standard InChI is InChI=1S/C15H18BrNS/c1-4-17-15(13-9-8-11(3)18-13)12-7-5-6-10(2)14(12)16/h5-9,15,17H,4H2,1-3H3. The number of hydrogen-bond donors (Lipinski definition) is 1. The largest absolute Gasteiger partial charge is 0.306 e. The molecule has 1 heterocycles. The molecule has 1 aromatic carbocycles. The van der Waals surface area contributed by atoms with E-state index in [1.165, 1.54) is 25.4 Å². The molecule has 0 saturated carbocycles. The van der Waals surface area contributed by atoms with Crippen LogP contribution in [-0.4, -0.2) is 6.54 Å². The summed E-state index contributed by atoms with van der Waals surface area (Å²) in [6, 6.07) is 11.1. The molecule has 1 N–H and O–H groups in total. The van der Waals surface area contributed by atoms with Gasteiger partial charge in [-0.3, -0.25) is 0 Å². The van der Waals surface area contributed by atoms with Gasteiger partial charge in [-0.1, -0.05) is 41.1 Å². The molecular formula is C15H18BrNS. The monoisotopic (exact) mass is 323 g/mol. The van der Waals surface area contributed by atoms with Crippen LogP contribution in [0.3, 0.4) is 0 Å². The van der Waals surface area contributed by atoms with E-state index in [1.807, 2.05) is 11.3 Å². The summed E-state index contributed by atoms with van der Waals surface area (Å²) in [4.78, 5) is 2.73. The highest BCUT2D eigenvalue weighted by molar-refractivity contribution is 9.10. The SMILES string of the molecule is CCNC(c1ccc(C)s1)c1cccc(C)c1Br. The predicted molar refractivity (Wildman–Crippen MR) is 83.5 cm³/mol. The topological polar surface area (TPSA) is 12.0 Å². The zero-order chi connectivity index (χ0) is 13.1. The van der Waals surface area contributed by atoms with Crippen LogP contribution in [0, 0.1) is 13.8 Å². The van der Waals surface area contributed by atoms with Gasteiger partial charge in [0.05, 0.1) is 6.04 Å². The Hall–Kier alpha value is -0.640. The van der Waals surface area contributed by atoms with E-state index in [4.69, 9.17) is 0 Å². The number of aryl methyl sites for hydroxylation is 2. The van der Waals surface area contributed by atoms with E-state index in [1.54, 1.807) is 0 Å². The maximum absolute atomic E-state index is 3.72. The fourth-order valence-electron chi connectivity index (χ4n) is 2.07. The normalized spacial score (nSPS) is 12.7. The van der Waals surface area contributed by atoms with Gasteiger partial charge in [0.15, 0.2) is 0 Å². The van der Waals surface area contributed by atoms with Crippen molar-refractivity contribution < 1.29 is 0 Å². The van der Waals surface area contributed by atoms with Gasteiger partial charge in [-0.2, -0.15) is 0 Å². The number of nitrogens with one attached hydrogen (secondary N) is 1. The first kappa shape index (κ1) is 13.8. The Morgan fingerprint density at radius 2 is 2.00 bits per heavy atom. The quantitative estimate of drug-likeness (QED) is 0.850. The van der Waals surface area contributed by atoms with Crippen LogP contribution in [0.5, 0.6) is 0 Å². The van der Waals surface area contributed by atoms with Gasteiger partial charge >= 0.3 is 0 Å². The highest BCUT2D eigenvalue weighted by Crippen LogP contribution is 2.33. The Morgan fingerprint density at radius 3 is 2.61 bits per heavy atom. The van der Waals surface area contributed by atoms with Gasteiger partial charge in [-0.25, -0.2) is 0 Å². The van der Waals surface area contributed by atoms with Crippen molar-refractivity contribution >= 4 is 27.3 Å². The van der Waals surface area contributed by atoms with Crippen LogP contribution in [0.1, 0.15) is 33.8 Å². The van der Waals surface area contributed by atoms with Crippen molar-refractivity contribution in [3.63, 3.8) is 0 Å². The summed E-state index contributed by atoms with van der Waals surface area (Å²) < 4.78 is 1.21. The molecule has 0 radical (unpaired) electrons. The lowest BCUT2D eigenvalue weighted by Crippen LogP contribution is -2.21. The molecule has 0 aliphatic carbocycles. The number of hydrogen-bond acceptors (Lipinski definition) is 2. The van der Waals surface area contributed by atoms with Crippen LogP contribution in [-0.2, 0) is 0 Å². The van der Waals surface area contributed by atoms with Gasteiger partial charge in [0.25, 0.3) is 0 Å². The lowest BCUT2D eigenvalue weighted by Gasteiger charge is -2.19. The molecule has 3 heteroatoms. The van der Waals surface area contributed by atoms with Gasteiger partial charge in [0, 0.05) is 14.2 Å². The number of halogens is 1. The van der Waals surface area contributed by atoms with Gasteiger partial charge < -0.3 is 5.32 Å². The van der Waals surface area contributed by atoms with Crippen LogP contribution in [0.4, 0.5) is 0 Å². The number of benzene rings is 1. The molecule has 0 amide bonds. The Labute approximate surface area is 121 Å². The van der Waals surface area contributed by atoms with Gasteiger partial charge in [0.2, 0.25) is 0 Å². The molecule has 0 spiro atoms. The third-order valence-electron chi connectivity index (χ3n) is 2.99. The van der Waals surface area contributed by atoms with Gasteiger partial charge in [-0.15, -0.1) is 11.3 Å². The van der Waals surface area contributed by atoms with E-state index in [2.05, 4.69) is 72.3 Å². The first-order valence-corrected chi connectivity index (χ1v) is 7.79. The van der Waals surface area contributed by atoms with Crippen molar-refractivity contribution in [2.45, 2.75) is 26.8 Å². The Kier molecular flexibility index (Phi) is 4.60. The molecule has 0 fully saturated rings. The fourth-order valence-corrected chi connectivity index (χ4v) is 3.53. The smallest absolute Gasteiger partial charge is 0.0682 e. The van der Waals surface area contributed by atoms with Crippen molar-refractivity contribution in [1.82, 2.24) is 5.32 Å². The van der Waals surface area contributed by atoms with Crippen LogP contribution in [0.15, 0.2) is 34.8 Å². The molecule has 2 rings (SSSR count). The second-order valence-corrected chi connectivity index (χ2v) is 6.53. The molecule has 1 unspecified atom stereocenters. The van der Waals surface area contributed by atoms with Crippen LogP contribution < -0.4 is 5.32 Å². The predicted octanol–water partition coefficient (Wildman–Crippen LogP) is 4.83. The Morgan fingerprint density at radius 1 is 1.22 bits per heavy atom. The van der Waals surface area contributed by atoms with Crippen molar-refractivity contribution in [2.75, 3.05) is 6.54 Å². The van der Waals surface area contributed by atoms with E-state index < -0.39 is 0 Å². The van der Waals surface area contributed by atoms with Crippen LogP contribution >= 0.6 is 27.3 Å². The maximum Gasteiger partial charge on any atom is 0.0682 e. The average molecular weight is 324 g/mol. The molecule has 1 nitrogen and oxygen atoms in total. The average Bonchev–Trinajstić information content (AvgIpc) is 2.77. The zero-order valence-electron chi connectivity index (χ0n) is 11.0. The van der Waals surface area contributed by atoms with E-state index in [9.17, 15) is 0 Å². The molecular weight excluding hydrogens is 306 g/mol. The summed E-state index contributed by atoms with van der Waals surface area (Å²) in [6.07, 6.45) is 0. The summed E-state index contributed by atoms with van der Waals surface area (Å²) in [5, 5.41) is 3.58. The first-order chi connectivity index (χ1) is 8.63. The maximum atomic E-state index is 3.72. The molecule has 2 aromatic rings. The third-order valence-corrected chi connectivity index (χ3v) is 5.14. The summed E-state index contributed by atoms with van der Waals surface area (Å²) in [5.74, 6) is 0. The summed E-state index contributed by atoms with van der Waals surface area (Å²) in [6.45, 7) is 7.40. The fraction of sp³-hybridized carbons (Fsp3) is 0.333. The lowest BCUT2D eigenvalue weighted by molar-refractivity contribution is 0.637. The van der Waals surface area contributed by atoms with Crippen LogP contribution in [0.25, 0.3) is 0 Å². The zero-order valence-corrected chi connectivity index (χ0v) is 13.4. The highest BCUT2D eigenvalue weighted by atomic mass is 79.9. The molecule has 0 bridgehead atoms. The number of rotatable bonds is 4. The second kappa shape index (κ2) is 6.00. The summed E-state index contributed by atoms with van der Waals surface area (Å²) in [7, 11) is 0. The minimum absolute atomic E-state index is 0.281. The van der Waals surface area contributed by atoms with Gasteiger partial charge in [0.1, 0.15) is 0 Å². The van der Waals surface area contributed by atoms with E-state index >= 15 is 0 Å². The minimum Gasteiger partial charge on any atom is -0.306 e. The molecule has 1 atom stereocenters. The third kappa shape index (κ3) is 2.85. The van der Waals surface area contributed by atoms with E-state index in [-0.39, 0.29) is 6.04 Å². The van der Waals surface area contributed by atoms with Crippen molar-refractivity contribution in [2.24, 2.45) is 0 Å². The first-order valence-electron chi connectivity index (χ1n) is 6.18. The molecule has 96 valence electrons. The molecule has 1 aromatic heterocycles. The number of thiophene rings is 1. The molecule has 18 heavy (non-hydrogen) atoms. The Balaban J connectivity index is 2.44. The molecule has 0 aliphatic rings. The van der Waals surface area contributed by atoms with Gasteiger partial charge in [-0.05, 0) is 43.7 Å². The van der Waals surface area contributed by atoms with Crippen molar-refractivity contribution in [1.29, 1.82) is 0 Å². The lowest BCUT2D eigenvalue weighted by atomic mass is 10.0. The molecule has 0 aliphatic heterocycles. The minimum atomic E-state index is 0.281. The van der Waals surface area contributed by atoms with Crippen molar-refractivity contribution in [3.05, 3.63) is 55.7 Å². The van der Waals surface area contributed by atoms with E-state index in [0.29, 0.717) is 0 Å².